The molecule has 0 aliphatic carbocycles. The fraction of sp³-hybridized carbons (Fsp3) is 0.375. The molecule has 7 heteroatoms. The number of anilines is 1. The molecule has 0 aliphatic heterocycles. The minimum atomic E-state index is -0.252. The number of aryl methyl sites for hydroxylation is 3. The lowest BCUT2D eigenvalue weighted by atomic mass is 10.1. The van der Waals surface area contributed by atoms with E-state index in [-0.39, 0.29) is 17.8 Å². The lowest BCUT2D eigenvalue weighted by Gasteiger charge is -2.16. The number of hydrogen-bond donors (Lipinski definition) is 1. The van der Waals surface area contributed by atoms with E-state index in [4.69, 9.17) is 4.74 Å². The first-order valence-electron chi connectivity index (χ1n) is 10.6. The third kappa shape index (κ3) is 6.10. The third-order valence-corrected chi connectivity index (χ3v) is 5.87. The number of amides is 1. The maximum atomic E-state index is 12.4. The summed E-state index contributed by atoms with van der Waals surface area (Å²) >= 11 is 1.38. The van der Waals surface area contributed by atoms with E-state index in [9.17, 15) is 4.79 Å². The fourth-order valence-electron chi connectivity index (χ4n) is 3.44. The van der Waals surface area contributed by atoms with Gasteiger partial charge < -0.3 is 14.6 Å². The van der Waals surface area contributed by atoms with Crippen LogP contribution in [0.2, 0.25) is 0 Å². The van der Waals surface area contributed by atoms with Gasteiger partial charge in [0.05, 0.1) is 5.75 Å². The highest BCUT2D eigenvalue weighted by Gasteiger charge is 2.19. The van der Waals surface area contributed by atoms with Gasteiger partial charge in [0.25, 0.3) is 0 Å². The van der Waals surface area contributed by atoms with Crippen LogP contribution < -0.4 is 10.1 Å². The van der Waals surface area contributed by atoms with Crippen molar-refractivity contribution >= 4 is 23.4 Å². The molecule has 1 aromatic heterocycles. The first-order valence-corrected chi connectivity index (χ1v) is 11.6. The molecule has 1 N–H and O–H groups in total. The molecule has 2 aromatic carbocycles. The molecule has 0 fully saturated rings. The van der Waals surface area contributed by atoms with Crippen LogP contribution in [0.5, 0.6) is 5.75 Å². The Labute approximate surface area is 188 Å². The molecule has 1 amide bonds. The summed E-state index contributed by atoms with van der Waals surface area (Å²) in [5.41, 5.74) is 4.33. The van der Waals surface area contributed by atoms with Crippen molar-refractivity contribution in [2.75, 3.05) is 11.1 Å². The van der Waals surface area contributed by atoms with Gasteiger partial charge in [0.1, 0.15) is 5.75 Å². The van der Waals surface area contributed by atoms with Crippen molar-refractivity contribution in [2.24, 2.45) is 0 Å². The summed E-state index contributed by atoms with van der Waals surface area (Å²) in [7, 11) is 0. The van der Waals surface area contributed by atoms with Crippen molar-refractivity contribution in [3.05, 3.63) is 65.0 Å². The number of carbonyl (C=O) groups excluding carboxylic acids is 1. The van der Waals surface area contributed by atoms with Gasteiger partial charge >= 0.3 is 0 Å². The number of nitrogens with zero attached hydrogens (tertiary/aromatic N) is 3. The number of carbonyl (C=O) groups is 1. The minimum Gasteiger partial charge on any atom is -0.483 e. The Bertz CT molecular complexity index is 1010. The average molecular weight is 439 g/mol. The largest absolute Gasteiger partial charge is 0.483 e. The quantitative estimate of drug-likeness (QED) is 0.456. The van der Waals surface area contributed by atoms with Crippen molar-refractivity contribution in [3.63, 3.8) is 0 Å². The van der Waals surface area contributed by atoms with E-state index in [1.807, 2.05) is 56.5 Å². The van der Waals surface area contributed by atoms with E-state index < -0.39 is 0 Å². The maximum Gasteiger partial charge on any atom is 0.234 e. The maximum absolute atomic E-state index is 12.4. The molecular formula is C24H30N4O2S. The van der Waals surface area contributed by atoms with Crippen molar-refractivity contribution in [2.45, 2.75) is 58.8 Å². The second kappa shape index (κ2) is 10.5. The summed E-state index contributed by atoms with van der Waals surface area (Å²) in [5, 5.41) is 12.3. The lowest BCUT2D eigenvalue weighted by Crippen LogP contribution is -2.15. The van der Waals surface area contributed by atoms with Crippen LogP contribution in [0.15, 0.2) is 47.6 Å². The monoisotopic (exact) mass is 438 g/mol. The molecule has 0 radical (unpaired) electrons. The Balaban J connectivity index is 1.62. The Morgan fingerprint density at radius 1 is 1.10 bits per heavy atom. The molecule has 31 heavy (non-hydrogen) atoms. The Morgan fingerprint density at radius 2 is 1.77 bits per heavy atom. The Kier molecular flexibility index (Phi) is 7.74. The topological polar surface area (TPSA) is 69.0 Å². The summed E-state index contributed by atoms with van der Waals surface area (Å²) in [6, 6.07) is 14.1. The van der Waals surface area contributed by atoms with Crippen molar-refractivity contribution in [1.82, 2.24) is 14.8 Å². The zero-order chi connectivity index (χ0) is 22.4. The highest BCUT2D eigenvalue weighted by atomic mass is 32.2. The number of thioether (sulfide) groups is 1. The predicted molar refractivity (Wildman–Crippen MR) is 126 cm³/mol. The first kappa shape index (κ1) is 22.9. The van der Waals surface area contributed by atoms with Gasteiger partial charge in [-0.25, -0.2) is 0 Å². The van der Waals surface area contributed by atoms with Crippen LogP contribution in [0, 0.1) is 13.8 Å². The van der Waals surface area contributed by atoms with E-state index in [1.54, 1.807) is 0 Å². The number of rotatable bonds is 9. The van der Waals surface area contributed by atoms with E-state index in [0.717, 1.165) is 34.8 Å². The van der Waals surface area contributed by atoms with Gasteiger partial charge in [-0.1, -0.05) is 36.9 Å². The predicted octanol–water partition coefficient (Wildman–Crippen LogP) is 5.35. The number of nitrogens with one attached hydrogen (secondary N) is 1. The SMILES string of the molecule is CCc1ccc(OC(C)c2nnc(SCC(=O)Nc3cc(C)cc(C)c3)n2CC)cc1. The van der Waals surface area contributed by atoms with Gasteiger partial charge in [-0.3, -0.25) is 4.79 Å². The summed E-state index contributed by atoms with van der Waals surface area (Å²) in [4.78, 5) is 12.4. The number of ether oxygens (including phenoxy) is 1. The number of hydrogen-bond acceptors (Lipinski definition) is 5. The van der Waals surface area contributed by atoms with Gasteiger partial charge in [0, 0.05) is 12.2 Å². The zero-order valence-electron chi connectivity index (χ0n) is 18.8. The standard InChI is InChI=1S/C24H30N4O2S/c1-6-19-8-10-21(11-9-19)30-18(5)23-26-27-24(28(23)7-2)31-15-22(29)25-20-13-16(3)12-17(4)14-20/h8-14,18H,6-7,15H2,1-5H3,(H,25,29). The Hall–Kier alpha value is -2.80. The van der Waals surface area contributed by atoms with Gasteiger partial charge in [0.15, 0.2) is 17.1 Å². The van der Waals surface area contributed by atoms with E-state index >= 15 is 0 Å². The molecule has 0 bridgehead atoms. The van der Waals surface area contributed by atoms with Crippen LogP contribution >= 0.6 is 11.8 Å². The van der Waals surface area contributed by atoms with E-state index in [2.05, 4.69) is 40.6 Å². The second-order valence-corrected chi connectivity index (χ2v) is 8.50. The lowest BCUT2D eigenvalue weighted by molar-refractivity contribution is -0.113. The molecule has 1 atom stereocenters. The molecule has 0 saturated heterocycles. The van der Waals surface area contributed by atoms with Gasteiger partial charge in [-0.05, 0) is 75.1 Å². The average Bonchev–Trinajstić information content (AvgIpc) is 3.15. The van der Waals surface area contributed by atoms with Gasteiger partial charge in [0.2, 0.25) is 5.91 Å². The molecule has 1 unspecified atom stereocenters. The van der Waals surface area contributed by atoms with Crippen LogP contribution in [0.3, 0.4) is 0 Å². The molecule has 0 spiro atoms. The first-order chi connectivity index (χ1) is 14.9. The van der Waals surface area contributed by atoms with Crippen LogP contribution in [0.1, 0.15) is 49.4 Å². The van der Waals surface area contributed by atoms with Gasteiger partial charge in [-0.2, -0.15) is 0 Å². The van der Waals surface area contributed by atoms with E-state index in [0.29, 0.717) is 11.7 Å². The molecule has 6 nitrogen and oxygen atoms in total. The minimum absolute atomic E-state index is 0.0671. The zero-order valence-corrected chi connectivity index (χ0v) is 19.6. The molecule has 164 valence electrons. The molecule has 3 rings (SSSR count). The van der Waals surface area contributed by atoms with Crippen LogP contribution in [-0.2, 0) is 17.8 Å². The fourth-order valence-corrected chi connectivity index (χ4v) is 4.25. The number of aromatic nitrogens is 3. The van der Waals surface area contributed by atoms with Crippen molar-refractivity contribution < 1.29 is 9.53 Å². The van der Waals surface area contributed by atoms with Crippen LogP contribution in [0.4, 0.5) is 5.69 Å². The second-order valence-electron chi connectivity index (χ2n) is 7.56. The Morgan fingerprint density at radius 3 is 2.39 bits per heavy atom. The molecule has 1 heterocycles. The molecule has 0 saturated carbocycles. The third-order valence-electron chi connectivity index (χ3n) is 4.91. The summed E-state index contributed by atoms with van der Waals surface area (Å²) in [5.74, 6) is 1.75. The normalized spacial score (nSPS) is 11.9. The summed E-state index contributed by atoms with van der Waals surface area (Å²) in [6.45, 7) is 10.9. The highest BCUT2D eigenvalue weighted by molar-refractivity contribution is 7.99. The molecular weight excluding hydrogens is 408 g/mol. The summed E-state index contributed by atoms with van der Waals surface area (Å²) < 4.78 is 8.07. The van der Waals surface area contributed by atoms with Gasteiger partial charge in [-0.15, -0.1) is 10.2 Å². The smallest absolute Gasteiger partial charge is 0.234 e. The molecule has 3 aromatic rings. The van der Waals surface area contributed by atoms with Crippen LogP contribution in [-0.4, -0.2) is 26.4 Å². The van der Waals surface area contributed by atoms with Crippen molar-refractivity contribution in [1.29, 1.82) is 0 Å². The summed E-state index contributed by atoms with van der Waals surface area (Å²) in [6.07, 6.45) is 0.746. The van der Waals surface area contributed by atoms with Crippen molar-refractivity contribution in [3.8, 4) is 5.75 Å². The number of benzene rings is 2. The van der Waals surface area contributed by atoms with Crippen LogP contribution in [0.25, 0.3) is 0 Å². The molecule has 0 aliphatic rings. The van der Waals surface area contributed by atoms with E-state index in [1.165, 1.54) is 17.3 Å². The highest BCUT2D eigenvalue weighted by Crippen LogP contribution is 2.25.